The molecule has 0 N–H and O–H groups in total. The average molecular weight is 181 g/mol. The van der Waals surface area contributed by atoms with Gasteiger partial charge in [0, 0.05) is 7.11 Å². The molecule has 0 rings (SSSR count). The lowest BCUT2D eigenvalue weighted by Gasteiger charge is -2.04. The Morgan fingerprint density at radius 1 is 1.46 bits per heavy atom. The van der Waals surface area contributed by atoms with Gasteiger partial charge in [-0.25, -0.2) is 4.79 Å². The highest BCUT2D eigenvalue weighted by atomic mass is 16.6. The molecule has 0 spiro atoms. The Balaban J connectivity index is 3.92. The molecule has 0 unspecified atom stereocenters. The van der Waals surface area contributed by atoms with Crippen molar-refractivity contribution in [3.8, 4) is 6.07 Å². The van der Waals surface area contributed by atoms with Crippen molar-refractivity contribution >= 4 is 5.97 Å². The third-order valence-electron chi connectivity index (χ3n) is 1.27. The van der Waals surface area contributed by atoms with Crippen molar-refractivity contribution < 1.29 is 14.3 Å². The highest BCUT2D eigenvalue weighted by Crippen LogP contribution is 2.05. The molecule has 0 aromatic carbocycles. The fraction of sp³-hybridized carbons (Fsp3) is 0.333. The summed E-state index contributed by atoms with van der Waals surface area (Å²) in [5, 5.41) is 8.38. The van der Waals surface area contributed by atoms with E-state index in [0.29, 0.717) is 6.61 Å². The molecule has 0 radical (unpaired) electrons. The summed E-state index contributed by atoms with van der Waals surface area (Å²) >= 11 is 0. The van der Waals surface area contributed by atoms with Gasteiger partial charge in [-0.15, -0.1) is 0 Å². The number of nitriles is 1. The first-order chi connectivity index (χ1) is 6.13. The first-order valence-electron chi connectivity index (χ1n) is 3.57. The third-order valence-corrected chi connectivity index (χ3v) is 1.27. The van der Waals surface area contributed by atoms with Crippen LogP contribution in [0.25, 0.3) is 0 Å². The van der Waals surface area contributed by atoms with E-state index in [0.717, 1.165) is 0 Å². The summed E-state index contributed by atoms with van der Waals surface area (Å²) in [5.74, 6) is -0.636. The molecule has 0 aliphatic rings. The van der Waals surface area contributed by atoms with Gasteiger partial charge in [-0.05, 0) is 0 Å². The van der Waals surface area contributed by atoms with Crippen molar-refractivity contribution in [3.63, 3.8) is 0 Å². The summed E-state index contributed by atoms with van der Waals surface area (Å²) in [6.07, 6.45) is 0. The highest BCUT2D eigenvalue weighted by Gasteiger charge is 2.10. The predicted octanol–water partition coefficient (Wildman–Crippen LogP) is 0.812. The molecular weight excluding hydrogens is 170 g/mol. The summed E-state index contributed by atoms with van der Waals surface area (Å²) in [4.78, 5) is 11.0. The lowest BCUT2D eigenvalue weighted by atomic mass is 10.1. The summed E-state index contributed by atoms with van der Waals surface area (Å²) in [6.45, 7) is 7.16. The zero-order valence-electron chi connectivity index (χ0n) is 7.50. The first kappa shape index (κ1) is 11.4. The summed E-state index contributed by atoms with van der Waals surface area (Å²) in [6, 6.07) is 1.71. The SMILES string of the molecule is C=C(C#N)C(=C)C(=O)OCCOC. The molecule has 0 atom stereocenters. The van der Waals surface area contributed by atoms with Crippen LogP contribution < -0.4 is 0 Å². The van der Waals surface area contributed by atoms with E-state index in [4.69, 9.17) is 10.00 Å². The second-order valence-electron chi connectivity index (χ2n) is 2.20. The molecule has 0 bridgehead atoms. The van der Waals surface area contributed by atoms with Crippen molar-refractivity contribution in [2.24, 2.45) is 0 Å². The molecule has 4 nitrogen and oxygen atoms in total. The Labute approximate surface area is 77.1 Å². The Kier molecular flexibility index (Phi) is 5.24. The van der Waals surface area contributed by atoms with Crippen LogP contribution in [-0.4, -0.2) is 26.3 Å². The highest BCUT2D eigenvalue weighted by molar-refractivity contribution is 5.93. The van der Waals surface area contributed by atoms with Gasteiger partial charge in [-0.2, -0.15) is 5.26 Å². The predicted molar refractivity (Wildman–Crippen MR) is 46.7 cm³/mol. The van der Waals surface area contributed by atoms with E-state index < -0.39 is 5.97 Å². The number of methoxy groups -OCH3 is 1. The largest absolute Gasteiger partial charge is 0.460 e. The van der Waals surface area contributed by atoms with Crippen molar-refractivity contribution in [3.05, 3.63) is 24.3 Å². The molecule has 0 fully saturated rings. The molecule has 0 heterocycles. The van der Waals surface area contributed by atoms with E-state index in [-0.39, 0.29) is 17.8 Å². The molecule has 0 aromatic heterocycles. The number of ether oxygens (including phenoxy) is 2. The van der Waals surface area contributed by atoms with E-state index in [1.54, 1.807) is 6.07 Å². The van der Waals surface area contributed by atoms with Crippen LogP contribution in [0.3, 0.4) is 0 Å². The average Bonchev–Trinajstić information content (AvgIpc) is 2.15. The molecule has 13 heavy (non-hydrogen) atoms. The number of esters is 1. The van der Waals surface area contributed by atoms with E-state index in [2.05, 4.69) is 17.9 Å². The number of hydrogen-bond donors (Lipinski definition) is 0. The van der Waals surface area contributed by atoms with Crippen LogP contribution in [0.1, 0.15) is 0 Å². The van der Waals surface area contributed by atoms with Gasteiger partial charge in [0.2, 0.25) is 0 Å². The Bertz CT molecular complexity index is 263. The van der Waals surface area contributed by atoms with Crippen LogP contribution in [0, 0.1) is 11.3 Å². The Hall–Kier alpha value is -1.60. The quantitative estimate of drug-likeness (QED) is 0.207. The smallest absolute Gasteiger partial charge is 0.338 e. The van der Waals surface area contributed by atoms with Gasteiger partial charge in [0.15, 0.2) is 0 Å². The molecule has 0 aliphatic carbocycles. The minimum absolute atomic E-state index is 0.0152. The van der Waals surface area contributed by atoms with Crippen LogP contribution in [0.4, 0.5) is 0 Å². The topological polar surface area (TPSA) is 59.3 Å². The van der Waals surface area contributed by atoms with Crippen molar-refractivity contribution in [2.75, 3.05) is 20.3 Å². The summed E-state index contributed by atoms with van der Waals surface area (Å²) < 4.78 is 9.36. The van der Waals surface area contributed by atoms with Gasteiger partial charge in [0.05, 0.1) is 23.8 Å². The fourth-order valence-electron chi connectivity index (χ4n) is 0.495. The lowest BCUT2D eigenvalue weighted by Crippen LogP contribution is -2.11. The number of hydrogen-bond acceptors (Lipinski definition) is 4. The molecule has 0 amide bonds. The Morgan fingerprint density at radius 2 is 2.08 bits per heavy atom. The number of carbonyl (C=O) groups is 1. The second-order valence-corrected chi connectivity index (χ2v) is 2.20. The van der Waals surface area contributed by atoms with Crippen molar-refractivity contribution in [2.45, 2.75) is 0 Å². The van der Waals surface area contributed by atoms with Gasteiger partial charge in [0.1, 0.15) is 6.61 Å². The fourth-order valence-corrected chi connectivity index (χ4v) is 0.495. The summed E-state index contributed by atoms with van der Waals surface area (Å²) in [7, 11) is 1.50. The van der Waals surface area contributed by atoms with Crippen molar-refractivity contribution in [1.82, 2.24) is 0 Å². The minimum atomic E-state index is -0.636. The maximum absolute atomic E-state index is 11.0. The second kappa shape index (κ2) is 5.98. The van der Waals surface area contributed by atoms with Gasteiger partial charge in [0.25, 0.3) is 0 Å². The van der Waals surface area contributed by atoms with Gasteiger partial charge in [-0.3, -0.25) is 0 Å². The molecule has 4 heteroatoms. The summed E-state index contributed by atoms with van der Waals surface area (Å²) in [5.41, 5.74) is 0.000944. The van der Waals surface area contributed by atoms with Crippen LogP contribution in [0.2, 0.25) is 0 Å². The van der Waals surface area contributed by atoms with E-state index in [1.165, 1.54) is 7.11 Å². The normalized spacial score (nSPS) is 8.62. The molecular formula is C9H11NO3. The number of rotatable bonds is 5. The lowest BCUT2D eigenvalue weighted by molar-refractivity contribution is -0.139. The van der Waals surface area contributed by atoms with E-state index in [9.17, 15) is 4.79 Å². The van der Waals surface area contributed by atoms with Crippen LogP contribution in [-0.2, 0) is 14.3 Å². The van der Waals surface area contributed by atoms with E-state index in [1.807, 2.05) is 0 Å². The first-order valence-corrected chi connectivity index (χ1v) is 3.57. The van der Waals surface area contributed by atoms with Gasteiger partial charge in [-0.1, -0.05) is 13.2 Å². The van der Waals surface area contributed by atoms with Crippen LogP contribution in [0.15, 0.2) is 24.3 Å². The molecule has 70 valence electrons. The molecule has 0 aromatic rings. The molecule has 0 saturated heterocycles. The van der Waals surface area contributed by atoms with Crippen LogP contribution in [0.5, 0.6) is 0 Å². The maximum Gasteiger partial charge on any atom is 0.338 e. The number of nitrogens with zero attached hydrogens (tertiary/aromatic N) is 1. The van der Waals surface area contributed by atoms with Crippen LogP contribution >= 0.6 is 0 Å². The zero-order valence-corrected chi connectivity index (χ0v) is 7.50. The zero-order chi connectivity index (χ0) is 10.3. The molecule has 0 aliphatic heterocycles. The Morgan fingerprint density at radius 3 is 2.54 bits per heavy atom. The van der Waals surface area contributed by atoms with Gasteiger partial charge < -0.3 is 9.47 Å². The van der Waals surface area contributed by atoms with Gasteiger partial charge >= 0.3 is 5.97 Å². The third kappa shape index (κ3) is 4.09. The van der Waals surface area contributed by atoms with Crippen molar-refractivity contribution in [1.29, 1.82) is 5.26 Å². The van der Waals surface area contributed by atoms with E-state index >= 15 is 0 Å². The number of carbonyl (C=O) groups excluding carboxylic acids is 1. The minimum Gasteiger partial charge on any atom is -0.460 e. The standard InChI is InChI=1S/C9H11NO3/c1-7(6-10)8(2)9(11)13-5-4-12-3/h1-2,4-5H2,3H3. The monoisotopic (exact) mass is 181 g/mol. The maximum atomic E-state index is 11.0. The molecule has 0 saturated carbocycles.